The number of phenolic OH excluding ortho intramolecular Hbond substituents is 2. The second-order valence-corrected chi connectivity index (χ2v) is 6.74. The zero-order chi connectivity index (χ0) is 16.6. The average molecular weight is 330 g/mol. The Hall–Kier alpha value is -2.34. The summed E-state index contributed by atoms with van der Waals surface area (Å²) in [5, 5.41) is 19.7. The molecule has 3 rings (SSSR count). The van der Waals surface area contributed by atoms with Crippen molar-refractivity contribution in [2.24, 2.45) is 0 Å². The fourth-order valence-corrected chi connectivity index (χ4v) is 3.71. The smallest absolute Gasteiger partial charge is 0.260 e. The fraction of sp³-hybridized carbons (Fsp3) is 0.294. The van der Waals surface area contributed by atoms with Crippen molar-refractivity contribution in [1.29, 1.82) is 0 Å². The molecule has 2 aromatic heterocycles. The number of fused-ring (bicyclic) bond motifs is 1. The molecule has 0 spiro atoms. The van der Waals surface area contributed by atoms with Gasteiger partial charge in [-0.25, -0.2) is 4.98 Å². The van der Waals surface area contributed by atoms with E-state index in [0.29, 0.717) is 21.6 Å². The highest BCUT2D eigenvalue weighted by molar-refractivity contribution is 7.18. The SMILES string of the molecule is CCCCc1c(C)sc2nc(-c3ccc(O)c(O)c3)[nH]c(=O)c12. The summed E-state index contributed by atoms with van der Waals surface area (Å²) in [4.78, 5) is 21.7. The van der Waals surface area contributed by atoms with Gasteiger partial charge in [0.15, 0.2) is 11.5 Å². The Kier molecular flexibility index (Phi) is 4.09. The second kappa shape index (κ2) is 6.04. The number of hydrogen-bond acceptors (Lipinski definition) is 5. The van der Waals surface area contributed by atoms with Crippen LogP contribution >= 0.6 is 11.3 Å². The number of benzene rings is 1. The topological polar surface area (TPSA) is 86.2 Å². The van der Waals surface area contributed by atoms with E-state index in [1.54, 1.807) is 6.07 Å². The summed E-state index contributed by atoms with van der Waals surface area (Å²) in [5.74, 6) is -0.0525. The number of aromatic nitrogens is 2. The predicted molar refractivity (Wildman–Crippen MR) is 92.4 cm³/mol. The van der Waals surface area contributed by atoms with Crippen LogP contribution in [0.2, 0.25) is 0 Å². The Morgan fingerprint density at radius 2 is 2.04 bits per heavy atom. The van der Waals surface area contributed by atoms with Crippen LogP contribution in [-0.2, 0) is 6.42 Å². The van der Waals surface area contributed by atoms with Crippen LogP contribution in [0.5, 0.6) is 11.5 Å². The fourth-order valence-electron chi connectivity index (χ4n) is 2.64. The first kappa shape index (κ1) is 15.6. The summed E-state index contributed by atoms with van der Waals surface area (Å²) in [5.41, 5.74) is 1.48. The largest absolute Gasteiger partial charge is 0.504 e. The van der Waals surface area contributed by atoms with Crippen LogP contribution in [0, 0.1) is 6.92 Å². The van der Waals surface area contributed by atoms with Gasteiger partial charge in [0.25, 0.3) is 5.56 Å². The highest BCUT2D eigenvalue weighted by Gasteiger charge is 2.15. The van der Waals surface area contributed by atoms with Crippen molar-refractivity contribution in [3.63, 3.8) is 0 Å². The maximum absolute atomic E-state index is 12.5. The summed E-state index contributed by atoms with van der Waals surface area (Å²) >= 11 is 1.52. The monoisotopic (exact) mass is 330 g/mol. The van der Waals surface area contributed by atoms with Crippen LogP contribution < -0.4 is 5.56 Å². The van der Waals surface area contributed by atoms with Crippen LogP contribution in [-0.4, -0.2) is 20.2 Å². The minimum atomic E-state index is -0.240. The number of aromatic hydroxyl groups is 2. The zero-order valence-electron chi connectivity index (χ0n) is 13.0. The molecule has 2 heterocycles. The molecule has 23 heavy (non-hydrogen) atoms. The Labute approximate surface area is 137 Å². The van der Waals surface area contributed by atoms with Crippen molar-refractivity contribution in [3.05, 3.63) is 39.0 Å². The van der Waals surface area contributed by atoms with Gasteiger partial charge in [-0.2, -0.15) is 0 Å². The first-order valence-corrected chi connectivity index (χ1v) is 8.37. The molecule has 1 aromatic carbocycles. The molecule has 0 unspecified atom stereocenters. The normalized spacial score (nSPS) is 11.2. The number of unbranched alkanes of at least 4 members (excludes halogenated alkanes) is 1. The van der Waals surface area contributed by atoms with Gasteiger partial charge in [-0.05, 0) is 43.5 Å². The van der Waals surface area contributed by atoms with E-state index in [2.05, 4.69) is 16.9 Å². The van der Waals surface area contributed by atoms with Crippen molar-refractivity contribution in [3.8, 4) is 22.9 Å². The lowest BCUT2D eigenvalue weighted by Crippen LogP contribution is -2.10. The third kappa shape index (κ3) is 2.82. The van der Waals surface area contributed by atoms with Gasteiger partial charge in [0.2, 0.25) is 0 Å². The number of hydrogen-bond donors (Lipinski definition) is 3. The number of nitrogens with one attached hydrogen (secondary N) is 1. The number of thiophene rings is 1. The van der Waals surface area contributed by atoms with Gasteiger partial charge in [-0.1, -0.05) is 13.3 Å². The van der Waals surface area contributed by atoms with Crippen molar-refractivity contribution in [2.75, 3.05) is 0 Å². The maximum atomic E-state index is 12.5. The number of aryl methyl sites for hydroxylation is 2. The number of nitrogens with zero attached hydrogens (tertiary/aromatic N) is 1. The highest BCUT2D eigenvalue weighted by Crippen LogP contribution is 2.32. The number of H-pyrrole nitrogens is 1. The summed E-state index contributed by atoms with van der Waals surface area (Å²) in [7, 11) is 0. The molecule has 5 nitrogen and oxygen atoms in total. The number of aromatic amines is 1. The molecule has 0 saturated carbocycles. The molecule has 120 valence electrons. The molecule has 6 heteroatoms. The lowest BCUT2D eigenvalue weighted by atomic mass is 10.1. The van der Waals surface area contributed by atoms with Crippen LogP contribution in [0.3, 0.4) is 0 Å². The van der Waals surface area contributed by atoms with Crippen LogP contribution in [0.15, 0.2) is 23.0 Å². The van der Waals surface area contributed by atoms with E-state index in [1.165, 1.54) is 23.5 Å². The lowest BCUT2D eigenvalue weighted by Gasteiger charge is -2.04. The Morgan fingerprint density at radius 1 is 1.26 bits per heavy atom. The lowest BCUT2D eigenvalue weighted by molar-refractivity contribution is 0.404. The Balaban J connectivity index is 2.15. The summed E-state index contributed by atoms with van der Waals surface area (Å²) in [6.07, 6.45) is 3.00. The van der Waals surface area contributed by atoms with Gasteiger partial charge in [0, 0.05) is 10.4 Å². The second-order valence-electron chi connectivity index (χ2n) is 5.54. The van der Waals surface area contributed by atoms with E-state index in [0.717, 1.165) is 29.7 Å². The van der Waals surface area contributed by atoms with Gasteiger partial charge >= 0.3 is 0 Å². The quantitative estimate of drug-likeness (QED) is 0.636. The molecule has 0 aliphatic heterocycles. The molecule has 0 saturated heterocycles. The van der Waals surface area contributed by atoms with Gasteiger partial charge < -0.3 is 15.2 Å². The third-order valence-electron chi connectivity index (χ3n) is 3.89. The molecule has 0 radical (unpaired) electrons. The van der Waals surface area contributed by atoms with Gasteiger partial charge in [-0.3, -0.25) is 4.79 Å². The molecule has 0 aliphatic rings. The molecular weight excluding hydrogens is 312 g/mol. The zero-order valence-corrected chi connectivity index (χ0v) is 13.8. The molecule has 0 atom stereocenters. The molecule has 0 bridgehead atoms. The average Bonchev–Trinajstić information content (AvgIpc) is 2.83. The minimum absolute atomic E-state index is 0.159. The van der Waals surface area contributed by atoms with Crippen molar-refractivity contribution in [1.82, 2.24) is 9.97 Å². The first-order valence-electron chi connectivity index (χ1n) is 7.56. The van der Waals surface area contributed by atoms with Crippen LogP contribution in [0.1, 0.15) is 30.2 Å². The molecule has 0 fully saturated rings. The van der Waals surface area contributed by atoms with Gasteiger partial charge in [0.1, 0.15) is 10.7 Å². The molecule has 0 amide bonds. The van der Waals surface area contributed by atoms with Crippen LogP contribution in [0.25, 0.3) is 21.6 Å². The molecule has 3 N–H and O–H groups in total. The molecular formula is C17H18N2O3S. The van der Waals surface area contributed by atoms with E-state index < -0.39 is 0 Å². The molecule has 0 aliphatic carbocycles. The standard InChI is InChI=1S/C17H18N2O3S/c1-3-4-5-11-9(2)23-17-14(11)16(22)18-15(19-17)10-6-7-12(20)13(21)8-10/h6-8,20-21H,3-5H2,1-2H3,(H,18,19,22). The van der Waals surface area contributed by atoms with E-state index in [9.17, 15) is 15.0 Å². The van der Waals surface area contributed by atoms with E-state index in [4.69, 9.17) is 0 Å². The Morgan fingerprint density at radius 3 is 2.74 bits per heavy atom. The Bertz CT molecular complexity index is 927. The first-order chi connectivity index (χ1) is 11.0. The third-order valence-corrected chi connectivity index (χ3v) is 4.93. The molecule has 3 aromatic rings. The number of phenols is 2. The minimum Gasteiger partial charge on any atom is -0.504 e. The summed E-state index contributed by atoms with van der Waals surface area (Å²) < 4.78 is 0. The van der Waals surface area contributed by atoms with Gasteiger partial charge in [0.05, 0.1) is 5.39 Å². The van der Waals surface area contributed by atoms with Crippen molar-refractivity contribution in [2.45, 2.75) is 33.1 Å². The highest BCUT2D eigenvalue weighted by atomic mass is 32.1. The van der Waals surface area contributed by atoms with Crippen molar-refractivity contribution >= 4 is 21.6 Å². The van der Waals surface area contributed by atoms with E-state index in [-0.39, 0.29) is 17.1 Å². The van der Waals surface area contributed by atoms with Crippen LogP contribution in [0.4, 0.5) is 0 Å². The number of rotatable bonds is 4. The summed E-state index contributed by atoms with van der Waals surface area (Å²) in [6.45, 7) is 4.14. The predicted octanol–water partition coefficient (Wildman–Crippen LogP) is 3.71. The summed E-state index contributed by atoms with van der Waals surface area (Å²) in [6, 6.07) is 4.37. The van der Waals surface area contributed by atoms with E-state index >= 15 is 0 Å². The van der Waals surface area contributed by atoms with Gasteiger partial charge in [-0.15, -0.1) is 11.3 Å². The van der Waals surface area contributed by atoms with E-state index in [1.807, 2.05) is 6.92 Å². The van der Waals surface area contributed by atoms with Crippen molar-refractivity contribution < 1.29 is 10.2 Å². The maximum Gasteiger partial charge on any atom is 0.260 e.